The maximum atomic E-state index is 13.9. The van der Waals surface area contributed by atoms with Crippen molar-refractivity contribution in [1.82, 2.24) is 9.80 Å². The highest BCUT2D eigenvalue weighted by Crippen LogP contribution is 2.36. The van der Waals surface area contributed by atoms with E-state index in [4.69, 9.17) is 4.74 Å². The van der Waals surface area contributed by atoms with Gasteiger partial charge in [-0.2, -0.15) is 26.3 Å². The second kappa shape index (κ2) is 11.2. The lowest BCUT2D eigenvalue weighted by molar-refractivity contribution is -0.186. The molecule has 1 atom stereocenters. The van der Waals surface area contributed by atoms with Crippen molar-refractivity contribution >= 4 is 29.2 Å². The van der Waals surface area contributed by atoms with E-state index < -0.39 is 54.0 Å². The van der Waals surface area contributed by atoms with Crippen LogP contribution in [0, 0.1) is 0 Å². The number of nitrogens with zero attached hydrogens (tertiary/aromatic N) is 4. The summed E-state index contributed by atoms with van der Waals surface area (Å²) in [5.41, 5.74) is -1.37. The van der Waals surface area contributed by atoms with Gasteiger partial charge in [0.25, 0.3) is 0 Å². The SMILES string of the molecule is CN1CCN(c2ccc(C(=O)OC(C)(C)C)c(N(C(=O)C(F)(F)F)C3CCCN(C(=O)C(F)(F)F)C3)c2)CC1. The molecular weight excluding hydrogens is 534 g/mol. The van der Waals surface area contributed by atoms with Crippen molar-refractivity contribution < 1.29 is 45.5 Å². The molecule has 2 heterocycles. The number of rotatable bonds is 4. The number of carbonyl (C=O) groups is 3. The molecule has 218 valence electrons. The normalized spacial score (nSPS) is 19.6. The van der Waals surface area contributed by atoms with Crippen LogP contribution in [0.2, 0.25) is 0 Å². The molecule has 0 N–H and O–H groups in total. The third-order valence-corrected chi connectivity index (χ3v) is 6.48. The van der Waals surface area contributed by atoms with Crippen molar-refractivity contribution in [3.05, 3.63) is 23.8 Å². The fourth-order valence-corrected chi connectivity index (χ4v) is 4.62. The molecule has 0 aromatic heterocycles. The standard InChI is InChI=1S/C25H32F6N4O4/c1-23(2,3)39-20(36)18-8-7-16(33-12-10-32(4)11-13-33)14-19(18)35(22(38)25(29,30)31)17-6-5-9-34(15-17)21(37)24(26,27)28/h7-8,14,17H,5-6,9-13,15H2,1-4H3. The van der Waals surface area contributed by atoms with Crippen LogP contribution in [0.3, 0.4) is 0 Å². The second-order valence-corrected chi connectivity index (χ2v) is 10.7. The topological polar surface area (TPSA) is 73.4 Å². The monoisotopic (exact) mass is 566 g/mol. The fourth-order valence-electron chi connectivity index (χ4n) is 4.62. The number of piperidine rings is 1. The Bertz CT molecular complexity index is 1080. The zero-order valence-electron chi connectivity index (χ0n) is 22.2. The van der Waals surface area contributed by atoms with Crippen LogP contribution in [0.1, 0.15) is 44.0 Å². The van der Waals surface area contributed by atoms with Crippen molar-refractivity contribution in [2.75, 3.05) is 56.1 Å². The highest BCUT2D eigenvalue weighted by atomic mass is 19.4. The lowest BCUT2D eigenvalue weighted by Gasteiger charge is -2.41. The number of esters is 1. The third kappa shape index (κ3) is 7.55. The number of benzene rings is 1. The minimum absolute atomic E-state index is 0.0754. The summed E-state index contributed by atoms with van der Waals surface area (Å²) in [5, 5.41) is 0. The molecule has 2 amide bonds. The number of hydrogen-bond acceptors (Lipinski definition) is 6. The minimum Gasteiger partial charge on any atom is -0.456 e. The Morgan fingerprint density at radius 2 is 1.54 bits per heavy atom. The molecule has 3 rings (SSSR count). The van der Waals surface area contributed by atoms with E-state index in [0.717, 1.165) is 0 Å². The first-order chi connectivity index (χ1) is 17.9. The number of anilines is 2. The summed E-state index contributed by atoms with van der Waals surface area (Å²) in [6.07, 6.45) is -10.8. The maximum absolute atomic E-state index is 13.9. The molecule has 1 aromatic carbocycles. The smallest absolute Gasteiger partial charge is 0.456 e. The molecule has 39 heavy (non-hydrogen) atoms. The quantitative estimate of drug-likeness (QED) is 0.408. The van der Waals surface area contributed by atoms with E-state index in [1.165, 1.54) is 18.2 Å². The van der Waals surface area contributed by atoms with Crippen LogP contribution < -0.4 is 9.80 Å². The number of carbonyl (C=O) groups excluding carboxylic acids is 3. The summed E-state index contributed by atoms with van der Waals surface area (Å²) in [7, 11) is 1.91. The van der Waals surface area contributed by atoms with Gasteiger partial charge in [0.1, 0.15) is 5.60 Å². The number of ether oxygens (including phenoxy) is 1. The van der Waals surface area contributed by atoms with Crippen molar-refractivity contribution in [2.24, 2.45) is 0 Å². The first-order valence-corrected chi connectivity index (χ1v) is 12.5. The van der Waals surface area contributed by atoms with Gasteiger partial charge in [0.05, 0.1) is 17.3 Å². The van der Waals surface area contributed by atoms with E-state index in [1.807, 2.05) is 11.9 Å². The summed E-state index contributed by atoms with van der Waals surface area (Å²) in [4.78, 5) is 42.5. The molecule has 0 radical (unpaired) electrons. The summed E-state index contributed by atoms with van der Waals surface area (Å²) >= 11 is 0. The van der Waals surface area contributed by atoms with E-state index in [2.05, 4.69) is 4.90 Å². The Balaban J connectivity index is 2.13. The zero-order chi connectivity index (χ0) is 29.3. The first kappa shape index (κ1) is 30.5. The van der Waals surface area contributed by atoms with Gasteiger partial charge in [-0.3, -0.25) is 14.5 Å². The summed E-state index contributed by atoms with van der Waals surface area (Å²) in [5.74, 6) is -5.55. The summed E-state index contributed by atoms with van der Waals surface area (Å²) in [6, 6.07) is 2.58. The van der Waals surface area contributed by atoms with Crippen molar-refractivity contribution in [1.29, 1.82) is 0 Å². The average molecular weight is 567 g/mol. The lowest BCUT2D eigenvalue weighted by atomic mass is 10.0. The molecule has 0 aliphatic carbocycles. The van der Waals surface area contributed by atoms with Crippen LogP contribution in [-0.4, -0.2) is 97.9 Å². The number of likely N-dealkylation sites (N-methyl/N-ethyl adjacent to an activating group) is 1. The van der Waals surface area contributed by atoms with Crippen LogP contribution in [0.25, 0.3) is 0 Å². The molecule has 2 saturated heterocycles. The van der Waals surface area contributed by atoms with Gasteiger partial charge in [0.2, 0.25) is 0 Å². The summed E-state index contributed by atoms with van der Waals surface area (Å²) < 4.78 is 86.5. The maximum Gasteiger partial charge on any atom is 0.471 e. The van der Waals surface area contributed by atoms with Crippen LogP contribution in [0.5, 0.6) is 0 Å². The largest absolute Gasteiger partial charge is 0.471 e. The second-order valence-electron chi connectivity index (χ2n) is 10.7. The van der Waals surface area contributed by atoms with E-state index in [9.17, 15) is 40.7 Å². The zero-order valence-corrected chi connectivity index (χ0v) is 22.2. The molecule has 1 aromatic rings. The Morgan fingerprint density at radius 1 is 0.923 bits per heavy atom. The van der Waals surface area contributed by atoms with E-state index in [-0.39, 0.29) is 24.9 Å². The van der Waals surface area contributed by atoms with Gasteiger partial charge in [-0.05, 0) is 58.9 Å². The molecule has 2 fully saturated rings. The van der Waals surface area contributed by atoms with Gasteiger partial charge in [0, 0.05) is 45.0 Å². The van der Waals surface area contributed by atoms with Gasteiger partial charge in [-0.1, -0.05) is 0 Å². The number of halogens is 6. The number of amides is 2. The van der Waals surface area contributed by atoms with Crippen molar-refractivity contribution in [2.45, 2.75) is 57.6 Å². The minimum atomic E-state index is -5.41. The lowest BCUT2D eigenvalue weighted by Crippen LogP contribution is -2.57. The first-order valence-electron chi connectivity index (χ1n) is 12.5. The number of alkyl halides is 6. The highest BCUT2D eigenvalue weighted by molar-refractivity contribution is 6.05. The van der Waals surface area contributed by atoms with Crippen LogP contribution in [-0.2, 0) is 14.3 Å². The molecule has 0 spiro atoms. The van der Waals surface area contributed by atoms with E-state index in [1.54, 1.807) is 20.8 Å². The van der Waals surface area contributed by atoms with Gasteiger partial charge < -0.3 is 19.4 Å². The molecular formula is C25H32F6N4O4. The van der Waals surface area contributed by atoms with Crippen LogP contribution in [0.4, 0.5) is 37.7 Å². The molecule has 0 bridgehead atoms. The Kier molecular flexibility index (Phi) is 8.78. The van der Waals surface area contributed by atoms with E-state index in [0.29, 0.717) is 41.7 Å². The van der Waals surface area contributed by atoms with Crippen LogP contribution >= 0.6 is 0 Å². The third-order valence-electron chi connectivity index (χ3n) is 6.48. The predicted molar refractivity (Wildman–Crippen MR) is 131 cm³/mol. The molecule has 0 saturated carbocycles. The fraction of sp³-hybridized carbons (Fsp3) is 0.640. The number of piperazine rings is 1. The Labute approximate surface area is 222 Å². The highest BCUT2D eigenvalue weighted by Gasteiger charge is 2.49. The van der Waals surface area contributed by atoms with Crippen LogP contribution in [0.15, 0.2) is 18.2 Å². The predicted octanol–water partition coefficient (Wildman–Crippen LogP) is 3.84. The van der Waals surface area contributed by atoms with E-state index >= 15 is 0 Å². The molecule has 2 aliphatic heterocycles. The molecule has 1 unspecified atom stereocenters. The molecule has 8 nitrogen and oxygen atoms in total. The van der Waals surface area contributed by atoms with Gasteiger partial charge in [0.15, 0.2) is 0 Å². The number of likely N-dealkylation sites (tertiary alicyclic amines) is 1. The van der Waals surface area contributed by atoms with Crippen molar-refractivity contribution in [3.63, 3.8) is 0 Å². The number of hydrogen-bond donors (Lipinski definition) is 0. The summed E-state index contributed by atoms with van der Waals surface area (Å²) in [6.45, 7) is 5.92. The molecule has 2 aliphatic rings. The van der Waals surface area contributed by atoms with Crippen molar-refractivity contribution in [3.8, 4) is 0 Å². The Morgan fingerprint density at radius 3 is 2.08 bits per heavy atom. The Hall–Kier alpha value is -3.03. The van der Waals surface area contributed by atoms with Gasteiger partial charge in [-0.25, -0.2) is 4.79 Å². The van der Waals surface area contributed by atoms with Gasteiger partial charge >= 0.3 is 30.1 Å². The molecule has 14 heteroatoms. The van der Waals surface area contributed by atoms with Gasteiger partial charge in [-0.15, -0.1) is 0 Å². The average Bonchev–Trinajstić information content (AvgIpc) is 2.82.